The molecule has 2 rings (SSSR count). The van der Waals surface area contributed by atoms with Crippen molar-refractivity contribution in [3.05, 3.63) is 35.4 Å². The zero-order valence-corrected chi connectivity index (χ0v) is 11.2. The van der Waals surface area contributed by atoms with Crippen LogP contribution < -0.4 is 0 Å². The fourth-order valence-corrected chi connectivity index (χ4v) is 2.44. The standard InChI is InChI=1S/C16H22O2/c1-2-13-8-10-14(11-9-13)16(17)12-18-15-6-4-3-5-7-15/h8-11,15H,2-7,12H2,1H3. The number of ether oxygens (including phenoxy) is 1. The normalized spacial score (nSPS) is 16.7. The molecule has 0 spiro atoms. The van der Waals surface area contributed by atoms with Crippen LogP contribution in [0.25, 0.3) is 0 Å². The van der Waals surface area contributed by atoms with Crippen molar-refractivity contribution in [3.8, 4) is 0 Å². The molecule has 18 heavy (non-hydrogen) atoms. The molecule has 0 heterocycles. The summed E-state index contributed by atoms with van der Waals surface area (Å²) >= 11 is 0. The molecule has 0 amide bonds. The Morgan fingerprint density at radius 1 is 1.17 bits per heavy atom. The maximum absolute atomic E-state index is 12.0. The minimum atomic E-state index is 0.100. The van der Waals surface area contributed by atoms with Crippen molar-refractivity contribution in [2.24, 2.45) is 0 Å². The zero-order chi connectivity index (χ0) is 12.8. The highest BCUT2D eigenvalue weighted by molar-refractivity contribution is 5.97. The quantitative estimate of drug-likeness (QED) is 0.739. The molecule has 0 N–H and O–H groups in total. The van der Waals surface area contributed by atoms with E-state index in [1.54, 1.807) is 0 Å². The highest BCUT2D eigenvalue weighted by Crippen LogP contribution is 2.20. The van der Waals surface area contributed by atoms with E-state index in [0.717, 1.165) is 24.8 Å². The number of Topliss-reactive ketones (excluding diaryl/α,β-unsaturated/α-hetero) is 1. The molecule has 0 radical (unpaired) electrons. The lowest BCUT2D eigenvalue weighted by atomic mass is 9.98. The van der Waals surface area contributed by atoms with Crippen molar-refractivity contribution in [2.75, 3.05) is 6.61 Å². The molecule has 1 aromatic carbocycles. The molecule has 2 nitrogen and oxygen atoms in total. The number of carbonyl (C=O) groups is 1. The number of carbonyl (C=O) groups excluding carboxylic acids is 1. The van der Waals surface area contributed by atoms with Crippen molar-refractivity contribution in [3.63, 3.8) is 0 Å². The van der Waals surface area contributed by atoms with Crippen LogP contribution in [0.3, 0.4) is 0 Å². The lowest BCUT2D eigenvalue weighted by Gasteiger charge is -2.21. The Hall–Kier alpha value is -1.15. The summed E-state index contributed by atoms with van der Waals surface area (Å²) in [6, 6.07) is 7.86. The van der Waals surface area contributed by atoms with E-state index in [1.807, 2.05) is 24.3 Å². The summed E-state index contributed by atoms with van der Waals surface area (Å²) in [6.07, 6.45) is 7.33. The van der Waals surface area contributed by atoms with Gasteiger partial charge in [-0.15, -0.1) is 0 Å². The van der Waals surface area contributed by atoms with Crippen LogP contribution >= 0.6 is 0 Å². The average Bonchev–Trinajstić information content (AvgIpc) is 2.46. The Morgan fingerprint density at radius 3 is 2.44 bits per heavy atom. The van der Waals surface area contributed by atoms with Gasteiger partial charge in [0.1, 0.15) is 6.61 Å². The summed E-state index contributed by atoms with van der Waals surface area (Å²) in [4.78, 5) is 12.0. The van der Waals surface area contributed by atoms with Gasteiger partial charge in [-0.25, -0.2) is 0 Å². The van der Waals surface area contributed by atoms with Gasteiger partial charge < -0.3 is 4.74 Å². The van der Waals surface area contributed by atoms with E-state index in [4.69, 9.17) is 4.74 Å². The maximum Gasteiger partial charge on any atom is 0.188 e. The van der Waals surface area contributed by atoms with E-state index in [-0.39, 0.29) is 12.4 Å². The minimum Gasteiger partial charge on any atom is -0.370 e. The van der Waals surface area contributed by atoms with Crippen LogP contribution in [0.4, 0.5) is 0 Å². The van der Waals surface area contributed by atoms with E-state index < -0.39 is 0 Å². The number of benzene rings is 1. The molecule has 0 atom stereocenters. The fraction of sp³-hybridized carbons (Fsp3) is 0.562. The van der Waals surface area contributed by atoms with E-state index in [1.165, 1.54) is 24.8 Å². The smallest absolute Gasteiger partial charge is 0.188 e. The van der Waals surface area contributed by atoms with E-state index in [2.05, 4.69) is 6.92 Å². The van der Waals surface area contributed by atoms with Crippen molar-refractivity contribution < 1.29 is 9.53 Å². The largest absolute Gasteiger partial charge is 0.370 e. The maximum atomic E-state index is 12.0. The van der Waals surface area contributed by atoms with Gasteiger partial charge in [-0.1, -0.05) is 50.5 Å². The second kappa shape index (κ2) is 6.69. The highest BCUT2D eigenvalue weighted by atomic mass is 16.5. The second-order valence-electron chi connectivity index (χ2n) is 5.04. The minimum absolute atomic E-state index is 0.100. The van der Waals surface area contributed by atoms with Crippen molar-refractivity contribution >= 4 is 5.78 Å². The van der Waals surface area contributed by atoms with Crippen LogP contribution in [0.2, 0.25) is 0 Å². The van der Waals surface area contributed by atoms with Gasteiger partial charge in [0.15, 0.2) is 5.78 Å². The van der Waals surface area contributed by atoms with Gasteiger partial charge >= 0.3 is 0 Å². The molecule has 1 aliphatic rings. The number of ketones is 1. The van der Waals surface area contributed by atoms with E-state index in [0.29, 0.717) is 6.10 Å². The van der Waals surface area contributed by atoms with Gasteiger partial charge in [0.05, 0.1) is 6.10 Å². The second-order valence-corrected chi connectivity index (χ2v) is 5.04. The third kappa shape index (κ3) is 3.67. The van der Waals surface area contributed by atoms with Crippen LogP contribution in [0, 0.1) is 0 Å². The molecular formula is C16H22O2. The molecule has 98 valence electrons. The summed E-state index contributed by atoms with van der Waals surface area (Å²) in [6.45, 7) is 2.35. The summed E-state index contributed by atoms with van der Waals surface area (Å²) in [7, 11) is 0. The van der Waals surface area contributed by atoms with Gasteiger partial charge in [-0.2, -0.15) is 0 Å². The Balaban J connectivity index is 1.82. The third-order valence-electron chi connectivity index (χ3n) is 3.69. The lowest BCUT2D eigenvalue weighted by molar-refractivity contribution is 0.0284. The molecule has 0 aromatic heterocycles. The molecular weight excluding hydrogens is 224 g/mol. The van der Waals surface area contributed by atoms with Gasteiger partial charge in [-0.3, -0.25) is 4.79 Å². The number of hydrogen-bond acceptors (Lipinski definition) is 2. The summed E-state index contributed by atoms with van der Waals surface area (Å²) < 4.78 is 5.71. The molecule has 0 unspecified atom stereocenters. The first-order valence-electron chi connectivity index (χ1n) is 7.03. The Morgan fingerprint density at radius 2 is 1.83 bits per heavy atom. The summed E-state index contributed by atoms with van der Waals surface area (Å²) in [5, 5.41) is 0. The molecule has 2 heteroatoms. The third-order valence-corrected chi connectivity index (χ3v) is 3.69. The van der Waals surface area contributed by atoms with Crippen molar-refractivity contribution in [2.45, 2.75) is 51.6 Å². The van der Waals surface area contributed by atoms with E-state index in [9.17, 15) is 4.79 Å². The monoisotopic (exact) mass is 246 g/mol. The van der Waals surface area contributed by atoms with Crippen molar-refractivity contribution in [1.29, 1.82) is 0 Å². The van der Waals surface area contributed by atoms with Gasteiger partial charge in [0.2, 0.25) is 0 Å². The summed E-state index contributed by atoms with van der Waals surface area (Å²) in [5.74, 6) is 0.100. The molecule has 1 fully saturated rings. The van der Waals surface area contributed by atoms with Crippen molar-refractivity contribution in [1.82, 2.24) is 0 Å². The van der Waals surface area contributed by atoms with Gasteiger partial charge in [0, 0.05) is 5.56 Å². The first-order chi connectivity index (χ1) is 8.79. The molecule has 0 aliphatic heterocycles. The SMILES string of the molecule is CCc1ccc(C(=O)COC2CCCCC2)cc1. The zero-order valence-electron chi connectivity index (χ0n) is 11.2. The van der Waals surface area contributed by atoms with Gasteiger partial charge in [0.25, 0.3) is 0 Å². The Bertz CT molecular complexity index is 375. The fourth-order valence-electron chi connectivity index (χ4n) is 2.44. The number of hydrogen-bond donors (Lipinski definition) is 0. The first-order valence-corrected chi connectivity index (χ1v) is 7.03. The first kappa shape index (κ1) is 13.3. The summed E-state index contributed by atoms with van der Waals surface area (Å²) in [5.41, 5.74) is 2.03. The Labute approximate surface area is 109 Å². The predicted molar refractivity (Wildman–Crippen MR) is 73.0 cm³/mol. The number of rotatable bonds is 5. The molecule has 1 aromatic rings. The van der Waals surface area contributed by atoms with Crippen LogP contribution in [0.1, 0.15) is 54.9 Å². The molecule has 1 saturated carbocycles. The van der Waals surface area contributed by atoms with E-state index >= 15 is 0 Å². The highest BCUT2D eigenvalue weighted by Gasteiger charge is 2.15. The van der Waals surface area contributed by atoms with Crippen LogP contribution in [-0.4, -0.2) is 18.5 Å². The topological polar surface area (TPSA) is 26.3 Å². The molecule has 0 saturated heterocycles. The lowest BCUT2D eigenvalue weighted by Crippen LogP contribution is -2.21. The average molecular weight is 246 g/mol. The molecule has 0 bridgehead atoms. The van der Waals surface area contributed by atoms with Crippen LogP contribution in [-0.2, 0) is 11.2 Å². The molecule has 1 aliphatic carbocycles. The van der Waals surface area contributed by atoms with Crippen LogP contribution in [0.5, 0.6) is 0 Å². The Kier molecular flexibility index (Phi) is 4.94. The van der Waals surface area contributed by atoms with Crippen LogP contribution in [0.15, 0.2) is 24.3 Å². The van der Waals surface area contributed by atoms with Gasteiger partial charge in [-0.05, 0) is 24.8 Å². The number of aryl methyl sites for hydroxylation is 1. The predicted octanol–water partition coefficient (Wildman–Crippen LogP) is 3.78.